The van der Waals surface area contributed by atoms with Crippen LogP contribution in [-0.2, 0) is 29.7 Å². The Bertz CT molecular complexity index is 2870. The summed E-state index contributed by atoms with van der Waals surface area (Å²) in [4.78, 5) is 37.4. The molecule has 2 amide bonds. The first kappa shape index (κ1) is 50.1. The number of hydrogen-bond acceptors (Lipinski definition) is 10. The highest BCUT2D eigenvalue weighted by atomic mass is 79.9. The molecular formula is C44H36Br2Cl2F4N4O6S4. The second-order valence-electron chi connectivity index (χ2n) is 15.4. The number of benzene rings is 4. The lowest BCUT2D eigenvalue weighted by Crippen LogP contribution is -2.53. The highest BCUT2D eigenvalue weighted by molar-refractivity contribution is 9.10. The van der Waals surface area contributed by atoms with E-state index in [0.717, 1.165) is 32.5 Å². The largest absolute Gasteiger partial charge is 0.333 e. The maximum absolute atomic E-state index is 16.2. The SMILES string of the molecule is C[C@@H](c1cnc([C@]2(F)CN(C(=O)c3ccc(Br)c(Cl)c3)CCS2(=O)=O)s1)c1ccccc1F.C[C@H](c1cnc([C@]2(F)CN(C(=O)c3ccc(Br)c(Cl)c3)CCS2(=O)=O)s1)c1ccccc1F. The van der Waals surface area contributed by atoms with Gasteiger partial charge in [-0.1, -0.05) is 73.4 Å². The third-order valence-electron chi connectivity index (χ3n) is 11.2. The molecule has 22 heteroatoms. The van der Waals surface area contributed by atoms with Crippen molar-refractivity contribution in [2.24, 2.45) is 0 Å². The number of carbonyl (C=O) groups is 2. The number of nitrogens with zero attached hydrogens (tertiary/aromatic N) is 4. The lowest BCUT2D eigenvalue weighted by atomic mass is 10.00. The average Bonchev–Trinajstić information content (AvgIpc) is 4.00. The van der Waals surface area contributed by atoms with E-state index in [1.807, 2.05) is 0 Å². The zero-order chi connectivity index (χ0) is 47.9. The van der Waals surface area contributed by atoms with Gasteiger partial charge in [-0.05, 0) is 91.5 Å². The van der Waals surface area contributed by atoms with Crippen LogP contribution in [0.25, 0.3) is 0 Å². The summed E-state index contributed by atoms with van der Waals surface area (Å²) in [5.74, 6) is -3.87. The molecule has 2 saturated heterocycles. The maximum atomic E-state index is 16.2. The van der Waals surface area contributed by atoms with E-state index in [-0.39, 0.29) is 34.2 Å². The zero-order valence-corrected chi connectivity index (χ0v) is 42.5. The lowest BCUT2D eigenvalue weighted by Gasteiger charge is -2.35. The molecular weight excluding hydrogens is 1120 g/mol. The van der Waals surface area contributed by atoms with Gasteiger partial charge in [-0.15, -0.1) is 22.7 Å². The fourth-order valence-electron chi connectivity index (χ4n) is 7.28. The normalized spacial score (nSPS) is 21.1. The van der Waals surface area contributed by atoms with E-state index in [2.05, 4.69) is 41.8 Å². The van der Waals surface area contributed by atoms with E-state index < -0.39 is 89.6 Å². The van der Waals surface area contributed by atoms with Gasteiger partial charge in [-0.3, -0.25) is 9.59 Å². The molecule has 2 aliphatic heterocycles. The number of alkyl halides is 2. The van der Waals surface area contributed by atoms with Crippen LogP contribution in [0.4, 0.5) is 17.6 Å². The number of halogens is 8. The Morgan fingerprint density at radius 2 is 1.02 bits per heavy atom. The van der Waals surface area contributed by atoms with E-state index in [1.54, 1.807) is 62.4 Å². The molecule has 10 nitrogen and oxygen atoms in total. The Morgan fingerprint density at radius 1 is 0.652 bits per heavy atom. The van der Waals surface area contributed by atoms with E-state index in [1.165, 1.54) is 48.8 Å². The van der Waals surface area contributed by atoms with Crippen molar-refractivity contribution in [2.45, 2.75) is 35.7 Å². The Balaban J connectivity index is 0.000000196. The summed E-state index contributed by atoms with van der Waals surface area (Å²) in [5, 5.41) is -5.65. The molecule has 0 N–H and O–H groups in total. The fourth-order valence-corrected chi connectivity index (χ4v) is 14.0. The number of carbonyl (C=O) groups excluding carboxylic acids is 2. The van der Waals surface area contributed by atoms with Crippen molar-refractivity contribution in [3.05, 3.63) is 170 Å². The fraction of sp³-hybridized carbons (Fsp3) is 0.273. The highest BCUT2D eigenvalue weighted by Crippen LogP contribution is 2.44. The second-order valence-corrected chi connectivity index (χ2v) is 24.6. The zero-order valence-electron chi connectivity index (χ0n) is 34.5. The molecule has 0 radical (unpaired) electrons. The van der Waals surface area contributed by atoms with Crippen molar-refractivity contribution >= 4 is 109 Å². The van der Waals surface area contributed by atoms with Gasteiger partial charge in [0.25, 0.3) is 21.8 Å². The van der Waals surface area contributed by atoms with Crippen molar-refractivity contribution in [3.63, 3.8) is 0 Å². The number of sulfone groups is 2. The van der Waals surface area contributed by atoms with Gasteiger partial charge in [-0.2, -0.15) is 0 Å². The van der Waals surface area contributed by atoms with Gasteiger partial charge in [0.1, 0.15) is 21.6 Å². The maximum Gasteiger partial charge on any atom is 0.278 e. The quantitative estimate of drug-likeness (QED) is 0.138. The van der Waals surface area contributed by atoms with E-state index in [9.17, 15) is 35.2 Å². The van der Waals surface area contributed by atoms with Gasteiger partial charge in [0.05, 0.1) is 34.6 Å². The Labute approximate surface area is 413 Å². The van der Waals surface area contributed by atoms with Crippen LogP contribution in [0.15, 0.2) is 106 Å². The minimum Gasteiger partial charge on any atom is -0.333 e. The molecule has 66 heavy (non-hydrogen) atoms. The Morgan fingerprint density at radius 3 is 1.36 bits per heavy atom. The molecule has 4 aromatic carbocycles. The molecule has 8 rings (SSSR count). The first-order chi connectivity index (χ1) is 31.1. The average molecular weight is 1150 g/mol. The van der Waals surface area contributed by atoms with Crippen molar-refractivity contribution in [2.75, 3.05) is 37.7 Å². The molecule has 4 atom stereocenters. The smallest absolute Gasteiger partial charge is 0.278 e. The number of hydrogen-bond donors (Lipinski definition) is 0. The second kappa shape index (κ2) is 19.7. The van der Waals surface area contributed by atoms with Crippen LogP contribution in [0.5, 0.6) is 0 Å². The third-order valence-corrected chi connectivity index (χ3v) is 20.6. The van der Waals surface area contributed by atoms with Crippen molar-refractivity contribution in [3.8, 4) is 0 Å². The van der Waals surface area contributed by atoms with E-state index in [4.69, 9.17) is 23.2 Å². The van der Waals surface area contributed by atoms with Crippen LogP contribution < -0.4 is 0 Å². The molecule has 0 spiro atoms. The van der Waals surface area contributed by atoms with Crippen molar-refractivity contribution in [1.29, 1.82) is 0 Å². The first-order valence-electron chi connectivity index (χ1n) is 19.8. The molecule has 4 heterocycles. The molecule has 0 bridgehead atoms. The summed E-state index contributed by atoms with van der Waals surface area (Å²) in [6.45, 7) is 1.80. The number of thiazole rings is 2. The third kappa shape index (κ3) is 9.89. The minimum atomic E-state index is -4.25. The van der Waals surface area contributed by atoms with Gasteiger partial charge in [0, 0.05) is 67.1 Å². The van der Waals surface area contributed by atoms with Crippen LogP contribution >= 0.6 is 77.7 Å². The molecule has 0 saturated carbocycles. The summed E-state index contributed by atoms with van der Waals surface area (Å²) < 4.78 is 113. The number of aromatic nitrogens is 2. The molecule has 2 aliphatic rings. The Kier molecular flexibility index (Phi) is 15.0. The standard InChI is InChI=1S/2C22H18BrClF2N2O3S2/c2*1-13(15-4-2-3-5-18(15)25)19-11-27-21(32-19)22(26)12-28(8-9-33(22,30)31)20(29)14-6-7-16(23)17(24)10-14/h2*2-7,10-11,13H,8-9,12H2,1H3/t13-,22+;13-,22-/m10/s1. The predicted molar refractivity (Wildman–Crippen MR) is 255 cm³/mol. The van der Waals surface area contributed by atoms with Gasteiger partial charge >= 0.3 is 0 Å². The summed E-state index contributed by atoms with van der Waals surface area (Å²) in [6, 6.07) is 21.5. The predicted octanol–water partition coefficient (Wildman–Crippen LogP) is 11.1. The van der Waals surface area contributed by atoms with Gasteiger partial charge in [-0.25, -0.2) is 44.4 Å². The molecule has 2 fully saturated rings. The summed E-state index contributed by atoms with van der Waals surface area (Å²) in [7, 11) is -8.49. The van der Waals surface area contributed by atoms with Gasteiger partial charge in [0.15, 0.2) is 19.7 Å². The van der Waals surface area contributed by atoms with Gasteiger partial charge in [0.2, 0.25) is 0 Å². The van der Waals surface area contributed by atoms with Crippen LogP contribution in [0.3, 0.4) is 0 Å². The number of amides is 2. The molecule has 0 unspecified atom stereocenters. The lowest BCUT2D eigenvalue weighted by molar-refractivity contribution is 0.0660. The molecule has 348 valence electrons. The van der Waals surface area contributed by atoms with Gasteiger partial charge < -0.3 is 9.80 Å². The van der Waals surface area contributed by atoms with Crippen molar-refractivity contribution < 1.29 is 44.0 Å². The molecule has 0 aliphatic carbocycles. The highest BCUT2D eigenvalue weighted by Gasteiger charge is 2.55. The Hall–Kier alpha value is -3.76. The van der Waals surface area contributed by atoms with Crippen LogP contribution in [0, 0.1) is 11.6 Å². The van der Waals surface area contributed by atoms with E-state index in [0.29, 0.717) is 39.9 Å². The number of rotatable bonds is 8. The van der Waals surface area contributed by atoms with Crippen LogP contribution in [0.1, 0.15) is 77.3 Å². The summed E-state index contributed by atoms with van der Waals surface area (Å²) in [6.07, 6.45) is 2.73. The monoisotopic (exact) mass is 1150 g/mol. The van der Waals surface area contributed by atoms with Crippen LogP contribution in [0.2, 0.25) is 10.0 Å². The van der Waals surface area contributed by atoms with E-state index >= 15 is 8.78 Å². The summed E-state index contributed by atoms with van der Waals surface area (Å²) >= 11 is 20.4. The molecule has 6 aromatic rings. The molecule has 2 aromatic heterocycles. The van der Waals surface area contributed by atoms with Crippen LogP contribution in [-0.4, -0.2) is 86.1 Å². The minimum absolute atomic E-state index is 0.148. The summed E-state index contributed by atoms with van der Waals surface area (Å²) in [5.41, 5.74) is 1.24. The van der Waals surface area contributed by atoms with Crippen molar-refractivity contribution in [1.82, 2.24) is 19.8 Å². The first-order valence-corrected chi connectivity index (χ1v) is 27.1. The topological polar surface area (TPSA) is 135 Å².